The molecular formula is C12H11ClN2O. The van der Waals surface area contributed by atoms with E-state index in [4.69, 9.17) is 11.6 Å². The van der Waals surface area contributed by atoms with Gasteiger partial charge in [0.15, 0.2) is 5.78 Å². The average Bonchev–Trinajstić information content (AvgIpc) is 2.70. The van der Waals surface area contributed by atoms with Crippen LogP contribution < -0.4 is 0 Å². The summed E-state index contributed by atoms with van der Waals surface area (Å²) in [5.74, 6) is 0.0691. The fourth-order valence-electron chi connectivity index (χ4n) is 1.48. The fourth-order valence-corrected chi connectivity index (χ4v) is 1.66. The zero-order valence-corrected chi connectivity index (χ0v) is 9.61. The molecule has 0 aliphatic rings. The van der Waals surface area contributed by atoms with Crippen LogP contribution in [-0.4, -0.2) is 15.3 Å². The molecule has 82 valence electrons. The van der Waals surface area contributed by atoms with Crippen LogP contribution in [0.3, 0.4) is 0 Å². The number of pyridine rings is 1. The summed E-state index contributed by atoms with van der Waals surface area (Å²) in [4.78, 5) is 15.1. The van der Waals surface area contributed by atoms with Gasteiger partial charge in [0.25, 0.3) is 0 Å². The molecule has 0 saturated carbocycles. The van der Waals surface area contributed by atoms with Crippen LogP contribution >= 0.6 is 11.6 Å². The van der Waals surface area contributed by atoms with Gasteiger partial charge in [-0.3, -0.25) is 9.78 Å². The Kier molecular flexibility index (Phi) is 3.06. The summed E-state index contributed by atoms with van der Waals surface area (Å²) >= 11 is 6.00. The molecule has 2 heterocycles. The van der Waals surface area contributed by atoms with Crippen molar-refractivity contribution in [1.29, 1.82) is 0 Å². The highest BCUT2D eigenvalue weighted by atomic mass is 35.5. The number of hydrogen-bond acceptors (Lipinski definition) is 2. The second-order valence-electron chi connectivity index (χ2n) is 3.60. The van der Waals surface area contributed by atoms with E-state index < -0.39 is 0 Å². The molecule has 0 unspecified atom stereocenters. The molecular weight excluding hydrogens is 224 g/mol. The number of halogens is 1. The average molecular weight is 235 g/mol. The molecule has 0 amide bonds. The molecule has 16 heavy (non-hydrogen) atoms. The van der Waals surface area contributed by atoms with E-state index in [0.29, 0.717) is 17.1 Å². The van der Waals surface area contributed by atoms with E-state index in [1.807, 2.05) is 23.0 Å². The Morgan fingerprint density at radius 2 is 2.31 bits per heavy atom. The number of hydrogen-bond donors (Lipinski definition) is 0. The standard InChI is InChI=1S/C12H11ClN2O/c1-9(16)10-3-5-15(7-10)8-11-2-4-14-6-12(11)13/h2-7H,8H2,1H3. The van der Waals surface area contributed by atoms with Crippen LogP contribution in [0.5, 0.6) is 0 Å². The van der Waals surface area contributed by atoms with Gasteiger partial charge in [-0.25, -0.2) is 0 Å². The quantitative estimate of drug-likeness (QED) is 0.766. The molecule has 2 rings (SSSR count). The lowest BCUT2D eigenvalue weighted by Crippen LogP contribution is -1.98. The molecule has 0 radical (unpaired) electrons. The van der Waals surface area contributed by atoms with Gasteiger partial charge in [0.05, 0.1) is 5.02 Å². The van der Waals surface area contributed by atoms with Crippen molar-refractivity contribution < 1.29 is 4.79 Å². The number of nitrogens with zero attached hydrogens (tertiary/aromatic N) is 2. The van der Waals surface area contributed by atoms with E-state index >= 15 is 0 Å². The van der Waals surface area contributed by atoms with Crippen molar-refractivity contribution in [3.63, 3.8) is 0 Å². The first kappa shape index (κ1) is 10.9. The molecule has 0 aliphatic heterocycles. The minimum absolute atomic E-state index is 0.0691. The number of carbonyl (C=O) groups excluding carboxylic acids is 1. The predicted molar refractivity (Wildman–Crippen MR) is 62.8 cm³/mol. The highest BCUT2D eigenvalue weighted by molar-refractivity contribution is 6.31. The Balaban J connectivity index is 2.21. The normalized spacial score (nSPS) is 10.4. The Labute approximate surface area is 98.7 Å². The van der Waals surface area contributed by atoms with Crippen molar-refractivity contribution in [2.75, 3.05) is 0 Å². The number of ketones is 1. The van der Waals surface area contributed by atoms with E-state index in [0.717, 1.165) is 5.56 Å². The van der Waals surface area contributed by atoms with E-state index in [9.17, 15) is 4.79 Å². The van der Waals surface area contributed by atoms with Crippen LogP contribution in [0.4, 0.5) is 0 Å². The Bertz CT molecular complexity index is 519. The van der Waals surface area contributed by atoms with Crippen molar-refractivity contribution in [1.82, 2.24) is 9.55 Å². The van der Waals surface area contributed by atoms with E-state index in [1.54, 1.807) is 25.4 Å². The third-order valence-corrected chi connectivity index (χ3v) is 2.71. The molecule has 2 aromatic rings. The Morgan fingerprint density at radius 3 is 2.94 bits per heavy atom. The van der Waals surface area contributed by atoms with Crippen molar-refractivity contribution in [2.24, 2.45) is 0 Å². The zero-order valence-electron chi connectivity index (χ0n) is 8.85. The van der Waals surface area contributed by atoms with Crippen molar-refractivity contribution in [2.45, 2.75) is 13.5 Å². The predicted octanol–water partition coefficient (Wildman–Crippen LogP) is 2.79. The number of aromatic nitrogens is 2. The molecule has 0 aliphatic carbocycles. The molecule has 0 spiro atoms. The second-order valence-corrected chi connectivity index (χ2v) is 4.00. The van der Waals surface area contributed by atoms with Crippen molar-refractivity contribution >= 4 is 17.4 Å². The maximum atomic E-state index is 11.1. The molecule has 2 aromatic heterocycles. The summed E-state index contributed by atoms with van der Waals surface area (Å²) in [5.41, 5.74) is 1.70. The summed E-state index contributed by atoms with van der Waals surface area (Å²) in [6, 6.07) is 3.67. The van der Waals surface area contributed by atoms with Crippen LogP contribution in [0.15, 0.2) is 36.9 Å². The molecule has 3 nitrogen and oxygen atoms in total. The van der Waals surface area contributed by atoms with Crippen LogP contribution in [-0.2, 0) is 6.54 Å². The largest absolute Gasteiger partial charge is 0.349 e. The van der Waals surface area contributed by atoms with Gasteiger partial charge in [-0.15, -0.1) is 0 Å². The second kappa shape index (κ2) is 4.49. The number of Topliss-reactive ketones (excluding diaryl/α,β-unsaturated/α-hetero) is 1. The van der Waals surface area contributed by atoms with Crippen molar-refractivity contribution in [3.8, 4) is 0 Å². The molecule has 0 atom stereocenters. The molecule has 0 fully saturated rings. The summed E-state index contributed by atoms with van der Waals surface area (Å²) in [6.45, 7) is 2.20. The first-order chi connectivity index (χ1) is 7.66. The van der Waals surface area contributed by atoms with Crippen LogP contribution in [0.1, 0.15) is 22.8 Å². The van der Waals surface area contributed by atoms with Crippen molar-refractivity contribution in [3.05, 3.63) is 53.1 Å². The van der Waals surface area contributed by atoms with Crippen LogP contribution in [0.2, 0.25) is 5.02 Å². The smallest absolute Gasteiger partial charge is 0.161 e. The van der Waals surface area contributed by atoms with Gasteiger partial charge in [-0.2, -0.15) is 0 Å². The fraction of sp³-hybridized carbons (Fsp3) is 0.167. The monoisotopic (exact) mass is 234 g/mol. The molecule has 4 heteroatoms. The SMILES string of the molecule is CC(=O)c1ccn(Cc2ccncc2Cl)c1. The molecule has 0 bridgehead atoms. The molecule has 0 aromatic carbocycles. The lowest BCUT2D eigenvalue weighted by atomic mass is 10.2. The van der Waals surface area contributed by atoms with Gasteiger partial charge < -0.3 is 4.57 Å². The van der Waals surface area contributed by atoms with Gasteiger partial charge in [0, 0.05) is 36.9 Å². The summed E-state index contributed by atoms with van der Waals surface area (Å²) in [6.07, 6.45) is 7.01. The number of carbonyl (C=O) groups is 1. The highest BCUT2D eigenvalue weighted by Crippen LogP contribution is 2.15. The van der Waals surface area contributed by atoms with Gasteiger partial charge in [-0.1, -0.05) is 11.6 Å². The summed E-state index contributed by atoms with van der Waals surface area (Å²) in [7, 11) is 0. The van der Waals surface area contributed by atoms with Crippen LogP contribution in [0, 0.1) is 0 Å². The van der Waals surface area contributed by atoms with Gasteiger partial charge in [0.2, 0.25) is 0 Å². The number of rotatable bonds is 3. The molecule has 0 saturated heterocycles. The third-order valence-electron chi connectivity index (χ3n) is 2.37. The van der Waals surface area contributed by atoms with Gasteiger partial charge in [0.1, 0.15) is 0 Å². The van der Waals surface area contributed by atoms with E-state index in [-0.39, 0.29) is 5.78 Å². The highest BCUT2D eigenvalue weighted by Gasteiger charge is 2.04. The Morgan fingerprint density at radius 1 is 1.50 bits per heavy atom. The first-order valence-electron chi connectivity index (χ1n) is 4.92. The summed E-state index contributed by atoms with van der Waals surface area (Å²) in [5, 5.41) is 0.639. The topological polar surface area (TPSA) is 34.9 Å². The maximum absolute atomic E-state index is 11.1. The molecule has 0 N–H and O–H groups in total. The minimum Gasteiger partial charge on any atom is -0.349 e. The van der Waals surface area contributed by atoms with E-state index in [1.165, 1.54) is 0 Å². The lowest BCUT2D eigenvalue weighted by Gasteiger charge is -2.04. The first-order valence-corrected chi connectivity index (χ1v) is 5.30. The summed E-state index contributed by atoms with van der Waals surface area (Å²) < 4.78 is 1.93. The van der Waals surface area contributed by atoms with E-state index in [2.05, 4.69) is 4.98 Å². The Hall–Kier alpha value is -1.61. The van der Waals surface area contributed by atoms with Gasteiger partial charge >= 0.3 is 0 Å². The maximum Gasteiger partial charge on any atom is 0.161 e. The van der Waals surface area contributed by atoms with Crippen LogP contribution in [0.25, 0.3) is 0 Å². The zero-order chi connectivity index (χ0) is 11.5. The van der Waals surface area contributed by atoms with Gasteiger partial charge in [-0.05, 0) is 24.6 Å². The third kappa shape index (κ3) is 2.31. The lowest BCUT2D eigenvalue weighted by molar-refractivity contribution is 0.101. The minimum atomic E-state index is 0.0691.